The molecule has 5 rings (SSSR count). The number of hydrogen-bond acceptors (Lipinski definition) is 6. The van der Waals surface area contributed by atoms with Crippen molar-refractivity contribution in [2.24, 2.45) is 0 Å². The van der Waals surface area contributed by atoms with Crippen LogP contribution in [0, 0.1) is 0 Å². The van der Waals surface area contributed by atoms with Crippen molar-refractivity contribution in [2.45, 2.75) is 89.9 Å². The van der Waals surface area contributed by atoms with Gasteiger partial charge in [-0.2, -0.15) is 0 Å². The molecule has 0 fully saturated rings. The van der Waals surface area contributed by atoms with Gasteiger partial charge in [-0.05, 0) is 90.7 Å². The van der Waals surface area contributed by atoms with Crippen LogP contribution in [-0.2, 0) is 44.9 Å². The highest BCUT2D eigenvalue weighted by atomic mass is 79.9. The molecular formula is C38H43BrN4O6. The van der Waals surface area contributed by atoms with Crippen LogP contribution in [0.5, 0.6) is 0 Å². The number of rotatable bonds is 11. The number of nitrogens with one attached hydrogen (secondary N) is 3. The lowest BCUT2D eigenvalue weighted by molar-refractivity contribution is -0.142. The Labute approximate surface area is 295 Å². The number of Topliss-reactive ketones (excluding diaryl/α,β-unsaturated/α-hetero) is 1. The van der Waals surface area contributed by atoms with Crippen molar-refractivity contribution < 1.29 is 28.7 Å². The summed E-state index contributed by atoms with van der Waals surface area (Å²) in [6.07, 6.45) is 2.57. The monoisotopic (exact) mass is 730 g/mol. The van der Waals surface area contributed by atoms with Gasteiger partial charge in [-0.25, -0.2) is 4.79 Å². The number of halogens is 1. The lowest BCUT2D eigenvalue weighted by atomic mass is 9.92. The fourth-order valence-corrected chi connectivity index (χ4v) is 6.94. The second-order valence-corrected chi connectivity index (χ2v) is 14.3. The predicted molar refractivity (Wildman–Crippen MR) is 190 cm³/mol. The zero-order chi connectivity index (χ0) is 35.1. The highest BCUT2D eigenvalue weighted by Gasteiger charge is 2.36. The Bertz CT molecular complexity index is 1720. The van der Waals surface area contributed by atoms with Gasteiger partial charge in [0, 0.05) is 42.4 Å². The third-order valence-electron chi connectivity index (χ3n) is 8.74. The fraction of sp³-hybridized carbons (Fsp3) is 0.395. The fourth-order valence-electron chi connectivity index (χ4n) is 6.26. The summed E-state index contributed by atoms with van der Waals surface area (Å²) in [4.78, 5) is 68.2. The summed E-state index contributed by atoms with van der Waals surface area (Å²) in [5.41, 5.74) is 4.67. The van der Waals surface area contributed by atoms with Crippen LogP contribution in [0.15, 0.2) is 71.2 Å². The molecule has 0 saturated carbocycles. The Kier molecular flexibility index (Phi) is 11.5. The van der Waals surface area contributed by atoms with Crippen molar-refractivity contribution in [1.82, 2.24) is 15.5 Å². The van der Waals surface area contributed by atoms with E-state index in [4.69, 9.17) is 4.74 Å². The Morgan fingerprint density at radius 1 is 0.898 bits per heavy atom. The van der Waals surface area contributed by atoms with E-state index in [2.05, 4.69) is 31.9 Å². The molecule has 3 aromatic carbocycles. The van der Waals surface area contributed by atoms with Crippen LogP contribution in [0.2, 0.25) is 0 Å². The molecule has 1 aliphatic carbocycles. The van der Waals surface area contributed by atoms with Crippen LogP contribution >= 0.6 is 15.9 Å². The van der Waals surface area contributed by atoms with E-state index >= 15 is 0 Å². The van der Waals surface area contributed by atoms with E-state index < -0.39 is 35.6 Å². The van der Waals surface area contributed by atoms with Crippen molar-refractivity contribution in [3.63, 3.8) is 0 Å². The third-order valence-corrected chi connectivity index (χ3v) is 9.64. The molecule has 4 amide bonds. The van der Waals surface area contributed by atoms with Gasteiger partial charge < -0.3 is 25.6 Å². The number of fused-ring (bicyclic) bond motifs is 2. The zero-order valence-electron chi connectivity index (χ0n) is 28.1. The summed E-state index contributed by atoms with van der Waals surface area (Å²) in [6, 6.07) is 18.3. The van der Waals surface area contributed by atoms with Gasteiger partial charge in [0.1, 0.15) is 17.7 Å². The molecule has 10 nitrogen and oxygen atoms in total. The van der Waals surface area contributed by atoms with Crippen LogP contribution in [0.25, 0.3) is 0 Å². The molecule has 11 heteroatoms. The number of hydrogen-bond donors (Lipinski definition) is 3. The van der Waals surface area contributed by atoms with E-state index in [0.29, 0.717) is 11.3 Å². The van der Waals surface area contributed by atoms with Crippen LogP contribution in [0.1, 0.15) is 79.1 Å². The van der Waals surface area contributed by atoms with Crippen molar-refractivity contribution >= 4 is 51.2 Å². The molecule has 3 aromatic rings. The maximum atomic E-state index is 14.1. The number of benzene rings is 3. The molecule has 49 heavy (non-hydrogen) atoms. The quantitative estimate of drug-likeness (QED) is 0.211. The molecule has 0 bridgehead atoms. The predicted octanol–water partition coefficient (Wildman–Crippen LogP) is 5.89. The lowest BCUT2D eigenvalue weighted by Gasteiger charge is -2.37. The Morgan fingerprint density at radius 3 is 2.35 bits per heavy atom. The summed E-state index contributed by atoms with van der Waals surface area (Å²) in [5, 5.41) is 8.52. The zero-order valence-corrected chi connectivity index (χ0v) is 29.7. The molecular weight excluding hydrogens is 688 g/mol. The standard InChI is InChI=1S/C38H43BrN4O6/c1-38(2,3)49-37(48)40-21-20-30(35(46)41-29-17-16-24-14-9-15-28(24)34(29)39)42-36(47)31-22-26-12-7-8-13-27(26)23-43(31)33(45)19-18-32(44)25-10-5-4-6-11-25/h4-8,10-13,16-17,30-31H,9,14-15,18-23H2,1-3H3,(H,40,48)(H,41,46)(H,42,47)/t30-,31-/m0/s1. The maximum Gasteiger partial charge on any atom is 0.407 e. The molecule has 0 unspecified atom stereocenters. The molecule has 0 radical (unpaired) electrons. The van der Waals surface area contributed by atoms with E-state index in [-0.39, 0.29) is 50.5 Å². The Hall–Kier alpha value is -4.51. The third kappa shape index (κ3) is 9.35. The van der Waals surface area contributed by atoms with Gasteiger partial charge in [0.05, 0.1) is 5.69 Å². The van der Waals surface area contributed by atoms with Crippen molar-refractivity contribution in [3.05, 3.63) is 99.0 Å². The van der Waals surface area contributed by atoms with Crippen molar-refractivity contribution in [1.29, 1.82) is 0 Å². The number of carbonyl (C=O) groups excluding carboxylic acids is 5. The first-order chi connectivity index (χ1) is 23.4. The normalized spacial score (nSPS) is 15.8. The number of alkyl carbamates (subject to hydrolysis) is 1. The average molecular weight is 732 g/mol. The van der Waals surface area contributed by atoms with E-state index in [9.17, 15) is 24.0 Å². The number of ketones is 1. The van der Waals surface area contributed by atoms with E-state index in [1.807, 2.05) is 42.5 Å². The van der Waals surface area contributed by atoms with Gasteiger partial charge >= 0.3 is 6.09 Å². The number of amides is 4. The first-order valence-electron chi connectivity index (χ1n) is 16.7. The lowest BCUT2D eigenvalue weighted by Crippen LogP contribution is -2.56. The van der Waals surface area contributed by atoms with Gasteiger partial charge in [0.25, 0.3) is 0 Å². The summed E-state index contributed by atoms with van der Waals surface area (Å²) in [5.74, 6) is -1.43. The Morgan fingerprint density at radius 2 is 1.61 bits per heavy atom. The minimum atomic E-state index is -1.05. The molecule has 0 saturated heterocycles. The largest absolute Gasteiger partial charge is 0.444 e. The van der Waals surface area contributed by atoms with Gasteiger partial charge in [0.15, 0.2) is 5.78 Å². The van der Waals surface area contributed by atoms with Crippen molar-refractivity contribution in [3.8, 4) is 0 Å². The van der Waals surface area contributed by atoms with Crippen LogP contribution in [-0.4, -0.2) is 58.7 Å². The summed E-state index contributed by atoms with van der Waals surface area (Å²) in [6.45, 7) is 5.52. The summed E-state index contributed by atoms with van der Waals surface area (Å²) in [7, 11) is 0. The van der Waals surface area contributed by atoms with Crippen LogP contribution in [0.4, 0.5) is 10.5 Å². The first-order valence-corrected chi connectivity index (χ1v) is 17.5. The Balaban J connectivity index is 1.33. The number of carbonyl (C=O) groups is 5. The smallest absolute Gasteiger partial charge is 0.407 e. The SMILES string of the molecule is CC(C)(C)OC(=O)NCC[C@H](NC(=O)[C@@H]1Cc2ccccc2CN1C(=O)CCC(=O)c1ccccc1)C(=O)Nc1ccc2c(c1Br)CCC2. The van der Waals surface area contributed by atoms with Gasteiger partial charge in [0.2, 0.25) is 17.7 Å². The van der Waals surface area contributed by atoms with E-state index in [1.165, 1.54) is 10.5 Å². The molecule has 1 heterocycles. The van der Waals surface area contributed by atoms with Crippen molar-refractivity contribution in [2.75, 3.05) is 11.9 Å². The average Bonchev–Trinajstić information content (AvgIpc) is 3.56. The second-order valence-electron chi connectivity index (χ2n) is 13.5. The van der Waals surface area contributed by atoms with E-state index in [0.717, 1.165) is 40.4 Å². The van der Waals surface area contributed by atoms with Gasteiger partial charge in [-0.3, -0.25) is 19.2 Å². The molecule has 258 valence electrons. The van der Waals surface area contributed by atoms with Crippen LogP contribution < -0.4 is 16.0 Å². The maximum absolute atomic E-state index is 14.1. The molecule has 2 atom stereocenters. The van der Waals surface area contributed by atoms with Gasteiger partial charge in [-0.1, -0.05) is 60.7 Å². The highest BCUT2D eigenvalue weighted by Crippen LogP contribution is 2.35. The number of anilines is 1. The topological polar surface area (TPSA) is 134 Å². The summed E-state index contributed by atoms with van der Waals surface area (Å²) < 4.78 is 6.16. The number of aryl methyl sites for hydroxylation is 1. The summed E-state index contributed by atoms with van der Waals surface area (Å²) >= 11 is 3.66. The number of nitrogens with zero attached hydrogens (tertiary/aromatic N) is 1. The van der Waals surface area contributed by atoms with E-state index in [1.54, 1.807) is 45.0 Å². The highest BCUT2D eigenvalue weighted by molar-refractivity contribution is 9.10. The molecule has 3 N–H and O–H groups in total. The number of ether oxygens (including phenoxy) is 1. The first kappa shape index (κ1) is 35.8. The van der Waals surface area contributed by atoms with Crippen LogP contribution in [0.3, 0.4) is 0 Å². The second kappa shape index (κ2) is 15.8. The molecule has 0 spiro atoms. The minimum Gasteiger partial charge on any atom is -0.444 e. The minimum absolute atomic E-state index is 0.00630. The molecule has 1 aliphatic heterocycles. The molecule has 2 aliphatic rings. The van der Waals surface area contributed by atoms with Gasteiger partial charge in [-0.15, -0.1) is 0 Å². The molecule has 0 aromatic heterocycles.